The molecule has 7 nitrogen and oxygen atoms in total. The van der Waals surface area contributed by atoms with Crippen molar-refractivity contribution < 1.29 is 0 Å². The molecule has 508 valence electrons. The minimum atomic E-state index is 0.242. The molecule has 0 saturated heterocycles. The van der Waals surface area contributed by atoms with Crippen molar-refractivity contribution in [1.82, 2.24) is 34.9 Å². The summed E-state index contributed by atoms with van der Waals surface area (Å²) in [5, 5.41) is 9.12. The zero-order valence-corrected chi connectivity index (χ0v) is 62.8. The van der Waals surface area contributed by atoms with Crippen LogP contribution in [0.2, 0.25) is 0 Å². The lowest BCUT2D eigenvalue weighted by Gasteiger charge is -2.18. The van der Waals surface area contributed by atoms with Crippen molar-refractivity contribution in [1.29, 1.82) is 0 Å². The van der Waals surface area contributed by atoms with Gasteiger partial charge < -0.3 is 34.9 Å². The Kier molecular flexibility index (Phi) is 42.6. The van der Waals surface area contributed by atoms with E-state index in [1.807, 2.05) is 152 Å². The summed E-state index contributed by atoms with van der Waals surface area (Å²) >= 11 is 0. The van der Waals surface area contributed by atoms with Crippen molar-refractivity contribution in [2.75, 3.05) is 0 Å². The van der Waals surface area contributed by atoms with Crippen molar-refractivity contribution in [3.8, 4) is 0 Å². The molecule has 0 saturated carbocycles. The Morgan fingerprint density at radius 1 is 0.319 bits per heavy atom. The smallest absolute Gasteiger partial charge is 0.0454 e. The molecule has 0 fully saturated rings. The Morgan fingerprint density at radius 2 is 0.649 bits per heavy atom. The van der Waals surface area contributed by atoms with Gasteiger partial charge in [-0.05, 0) is 230 Å². The molecular weight excluding hydrogens is 1140 g/mol. The predicted octanol–water partition coefficient (Wildman–Crippen LogP) is 28.1. The monoisotopic (exact) mass is 1270 g/mol. The number of nitrogens with one attached hydrogen (secondary N) is 7. The maximum absolute atomic E-state index is 3.20. The molecule has 0 aliphatic rings. The normalized spacial score (nSPS) is 10.1. The molecule has 1 unspecified atom stereocenters. The minimum Gasteiger partial charge on any atom is -0.361 e. The quantitative estimate of drug-likeness (QED) is 0.0861. The average molecular weight is 1270 g/mol. The molecule has 0 aliphatic carbocycles. The van der Waals surface area contributed by atoms with Crippen LogP contribution in [0.4, 0.5) is 0 Å². The fraction of sp³-hybridized carbons (Fsp3) is 0.356. The van der Waals surface area contributed by atoms with Gasteiger partial charge in [0.2, 0.25) is 0 Å². The molecule has 14 rings (SSSR count). The van der Waals surface area contributed by atoms with E-state index in [1.54, 1.807) is 0 Å². The lowest BCUT2D eigenvalue weighted by Crippen LogP contribution is -2.10. The molecule has 7 N–H and O–H groups in total. The number of aromatic nitrogens is 7. The summed E-state index contributed by atoms with van der Waals surface area (Å²) in [6.45, 7) is 50.1. The number of aryl methyl sites for hydroxylation is 3. The number of rotatable bonds is 6. The van der Waals surface area contributed by atoms with Crippen molar-refractivity contribution >= 4 is 76.3 Å². The molecule has 7 heterocycles. The van der Waals surface area contributed by atoms with Gasteiger partial charge >= 0.3 is 0 Å². The van der Waals surface area contributed by atoms with Gasteiger partial charge in [-0.15, -0.1) is 0 Å². The molecule has 7 aromatic heterocycles. The fourth-order valence-corrected chi connectivity index (χ4v) is 9.60. The summed E-state index contributed by atoms with van der Waals surface area (Å²) in [4.78, 5) is 22.2. The Balaban J connectivity index is 0.000000532. The van der Waals surface area contributed by atoms with Crippen LogP contribution in [0.15, 0.2) is 219 Å². The first kappa shape index (κ1) is 83.3. The molecule has 1 atom stereocenters. The Bertz CT molecular complexity index is 4050. The Labute approximate surface area is 569 Å². The van der Waals surface area contributed by atoms with Crippen LogP contribution in [0.25, 0.3) is 76.3 Å². The topological polar surface area (TPSA) is 111 Å². The van der Waals surface area contributed by atoms with Crippen LogP contribution in [-0.2, 0) is 18.3 Å². The largest absolute Gasteiger partial charge is 0.361 e. The highest BCUT2D eigenvalue weighted by molar-refractivity contribution is 5.84. The summed E-state index contributed by atoms with van der Waals surface area (Å²) in [7, 11) is 0. The predicted molar refractivity (Wildman–Crippen MR) is 427 cm³/mol. The molecule has 0 amide bonds. The second-order valence-electron chi connectivity index (χ2n) is 22.2. The van der Waals surface area contributed by atoms with Crippen molar-refractivity contribution in [3.63, 3.8) is 0 Å². The van der Waals surface area contributed by atoms with Crippen molar-refractivity contribution in [2.24, 2.45) is 0 Å². The number of hydrogen-bond acceptors (Lipinski definition) is 0. The standard InChI is InChI=1S/2C12H15N.2C11H13N.C10H11N.C9H9N.C8H7N.7C2H6/c1-12(2,3)10-4-5-11-9(8-10)6-7-13-11;1-3-9(2)10-4-5-12-11(8-10)6-7-13-12;1-8(2)9-3-4-11-10(7-9)5-6-12-11;1-2-3-9-4-5-11-10(8-9)6-7-12-11;1-2-8-3-4-10-9(7-8)5-6-11-10;1-7-2-3-9-8(6-7)4-5-10-9;1-2-4-8-7(3-1)5-6-9-8;7*1-2/h4-8,13H,1-3H3;4-9,13H,3H2,1-2H3;3-8,12H,1-2H3;4-8,12H,2-3H2,1H3;3-7,11H,2H2,1H3;2-6,10H,1H3;1-6,9H;7*1-2H3. The van der Waals surface area contributed by atoms with E-state index < -0.39 is 0 Å². The number of aromatic amines is 7. The highest BCUT2D eigenvalue weighted by Crippen LogP contribution is 2.26. The first-order valence-corrected chi connectivity index (χ1v) is 35.7. The van der Waals surface area contributed by atoms with Gasteiger partial charge in [-0.25, -0.2) is 0 Å². The second kappa shape index (κ2) is 48.1. The van der Waals surface area contributed by atoms with Crippen molar-refractivity contribution in [3.05, 3.63) is 253 Å². The van der Waals surface area contributed by atoms with Gasteiger partial charge in [0.15, 0.2) is 0 Å². The lowest BCUT2D eigenvalue weighted by molar-refractivity contribution is 0.591. The van der Waals surface area contributed by atoms with Crippen LogP contribution in [0.5, 0.6) is 0 Å². The SMILES string of the molecule is CC.CC.CC.CC.CC.CC.CC.CC(C)(C)c1ccc2[nH]ccc2c1.CC(C)c1ccc2[nH]ccc2c1.CCC(C)c1ccc2[nH]ccc2c1.CCCc1ccc2[nH]ccc2c1.CCc1ccc2[nH]ccc2c1.Cc1ccc2[nH]ccc2c1.c1ccc2[nH]ccc2c1. The summed E-state index contributed by atoms with van der Waals surface area (Å²) in [5.74, 6) is 1.28. The van der Waals surface area contributed by atoms with Crippen LogP contribution in [-0.4, -0.2) is 34.9 Å². The van der Waals surface area contributed by atoms with Crippen LogP contribution in [0.3, 0.4) is 0 Å². The van der Waals surface area contributed by atoms with E-state index in [0.29, 0.717) is 11.8 Å². The highest BCUT2D eigenvalue weighted by Gasteiger charge is 2.13. The van der Waals surface area contributed by atoms with E-state index >= 15 is 0 Å². The average Bonchev–Trinajstić information content (AvgIpc) is 1.67. The maximum Gasteiger partial charge on any atom is 0.0454 e. The van der Waals surface area contributed by atoms with E-state index in [0.717, 1.165) is 6.42 Å². The van der Waals surface area contributed by atoms with Crippen LogP contribution in [0, 0.1) is 6.92 Å². The van der Waals surface area contributed by atoms with Gasteiger partial charge in [-0.1, -0.05) is 226 Å². The van der Waals surface area contributed by atoms with Crippen LogP contribution < -0.4 is 0 Å². The zero-order valence-electron chi connectivity index (χ0n) is 62.8. The molecule has 0 spiro atoms. The third-order valence-electron chi connectivity index (χ3n) is 14.8. The summed E-state index contributed by atoms with van der Waals surface area (Å²) in [6.07, 6.45) is 18.5. The zero-order chi connectivity index (χ0) is 70.4. The third kappa shape index (κ3) is 27.5. The van der Waals surface area contributed by atoms with Gasteiger partial charge in [0.1, 0.15) is 0 Å². The number of fused-ring (bicyclic) bond motifs is 7. The van der Waals surface area contributed by atoms with Gasteiger partial charge in [-0.3, -0.25) is 0 Å². The first-order valence-electron chi connectivity index (χ1n) is 35.7. The van der Waals surface area contributed by atoms with Gasteiger partial charge in [-0.2, -0.15) is 0 Å². The highest BCUT2D eigenvalue weighted by atomic mass is 14.7. The molecule has 7 aromatic carbocycles. The van der Waals surface area contributed by atoms with Crippen LogP contribution >= 0.6 is 0 Å². The molecular formula is C87H125N7. The molecule has 14 aromatic rings. The Hall–Kier alpha value is -8.68. The maximum atomic E-state index is 3.20. The lowest BCUT2D eigenvalue weighted by atomic mass is 9.86. The fourth-order valence-electron chi connectivity index (χ4n) is 9.60. The van der Waals surface area contributed by atoms with E-state index in [9.17, 15) is 0 Å². The number of hydrogen-bond donors (Lipinski definition) is 7. The number of benzene rings is 7. The van der Waals surface area contributed by atoms with Gasteiger partial charge in [0.25, 0.3) is 0 Å². The van der Waals surface area contributed by atoms with Crippen molar-refractivity contribution in [2.45, 2.75) is 209 Å². The van der Waals surface area contributed by atoms with Gasteiger partial charge in [0.05, 0.1) is 0 Å². The van der Waals surface area contributed by atoms with Crippen LogP contribution in [0.1, 0.15) is 217 Å². The number of para-hydroxylation sites is 1. The first-order chi connectivity index (χ1) is 45.8. The summed E-state index contributed by atoms with van der Waals surface area (Å²) in [5.41, 5.74) is 17.2. The Morgan fingerprint density at radius 3 is 1.05 bits per heavy atom. The van der Waals surface area contributed by atoms with E-state index in [4.69, 9.17) is 0 Å². The molecule has 0 aliphatic heterocycles. The molecule has 0 bridgehead atoms. The molecule has 94 heavy (non-hydrogen) atoms. The summed E-state index contributed by atoms with van der Waals surface area (Å²) in [6, 6.07) is 62.3. The molecule has 0 radical (unpaired) electrons. The third-order valence-corrected chi connectivity index (χ3v) is 14.8. The summed E-state index contributed by atoms with van der Waals surface area (Å²) < 4.78 is 0. The van der Waals surface area contributed by atoms with E-state index in [-0.39, 0.29) is 5.41 Å². The van der Waals surface area contributed by atoms with Gasteiger partial charge in [0, 0.05) is 82.0 Å². The number of H-pyrrole nitrogens is 7. The minimum absolute atomic E-state index is 0.242. The van der Waals surface area contributed by atoms with E-state index in [1.165, 1.54) is 129 Å². The van der Waals surface area contributed by atoms with E-state index in [2.05, 4.69) is 268 Å². The molecule has 7 heteroatoms. The second-order valence-corrected chi connectivity index (χ2v) is 22.2.